The van der Waals surface area contributed by atoms with Crippen molar-refractivity contribution >= 4 is 30.9 Å². The molecular formula is C29H43N5O2S. The molecule has 0 bridgehead atoms. The molecule has 4 rings (SSSR count). The van der Waals surface area contributed by atoms with Crippen LogP contribution < -0.4 is 0 Å². The monoisotopic (exact) mass is 525 g/mol. The molecule has 0 N–H and O–H groups in total. The van der Waals surface area contributed by atoms with Crippen molar-refractivity contribution < 1.29 is 9.53 Å². The largest absolute Gasteiger partial charge is 0.448 e. The number of aliphatic imine (C=N–C) groups is 1. The van der Waals surface area contributed by atoms with Gasteiger partial charge in [-0.3, -0.25) is 4.99 Å². The second-order valence-corrected chi connectivity index (χ2v) is 10.1. The molecule has 0 spiro atoms. The molecule has 1 aromatic carbocycles. The van der Waals surface area contributed by atoms with Crippen LogP contribution in [0.5, 0.6) is 0 Å². The first-order valence-corrected chi connectivity index (χ1v) is 14.1. The lowest BCUT2D eigenvalue weighted by molar-refractivity contribution is 0.118. The van der Waals surface area contributed by atoms with Crippen LogP contribution in [0.15, 0.2) is 57.7 Å². The topological polar surface area (TPSA) is 70.4 Å². The van der Waals surface area contributed by atoms with Gasteiger partial charge in [-0.1, -0.05) is 75.7 Å². The molecule has 0 radical (unpaired) electrons. The minimum absolute atomic E-state index is 0.160. The molecule has 1 amide bonds. The quantitative estimate of drug-likeness (QED) is 0.270. The lowest BCUT2D eigenvalue weighted by Crippen LogP contribution is -2.26. The summed E-state index contributed by atoms with van der Waals surface area (Å²) < 4.78 is 4.55. The Hall–Kier alpha value is -2.87. The molecule has 202 valence electrons. The van der Waals surface area contributed by atoms with Gasteiger partial charge in [0.25, 0.3) is 0 Å². The third-order valence-electron chi connectivity index (χ3n) is 6.24. The number of benzene rings is 1. The van der Waals surface area contributed by atoms with Crippen molar-refractivity contribution in [2.45, 2.75) is 76.2 Å². The summed E-state index contributed by atoms with van der Waals surface area (Å²) >= 11 is 1.79. The molecule has 37 heavy (non-hydrogen) atoms. The summed E-state index contributed by atoms with van der Waals surface area (Å²) in [6.45, 7) is 13.6. The Morgan fingerprint density at radius 2 is 1.86 bits per heavy atom. The molecule has 1 saturated carbocycles. The highest BCUT2D eigenvalue weighted by molar-refractivity contribution is 7.99. The summed E-state index contributed by atoms with van der Waals surface area (Å²) in [7, 11) is 3.58. The summed E-state index contributed by atoms with van der Waals surface area (Å²) in [5.41, 5.74) is 4.00. The standard InChI is InChI=1S/C22H27N3S.C5H10N2O2.C2H6/c1-4-5-18-12-19(18)16-7-9-17(10-8-16)21-22(25(3)14-24-21)26-20-11-6-15(2)13-23-20;1-4-9-5(8)7(3)6-2;1-2/h6-11,13-14,18-19,21-22H,4-5,12H2,1-3H3;2,4H2,1,3H3;1-2H3/t18?,19-,21?,22?;;/m1../s1. The number of carbonyl (C=O) groups excluding carboxylic acids is 1. The molecule has 4 atom stereocenters. The highest BCUT2D eigenvalue weighted by Gasteiger charge is 2.37. The average molecular weight is 526 g/mol. The zero-order chi connectivity index (χ0) is 27.4. The Bertz CT molecular complexity index is 996. The number of pyridine rings is 1. The summed E-state index contributed by atoms with van der Waals surface area (Å²) in [6.07, 6.45) is 7.45. The SMILES string of the molecule is C=NN(C)C(=O)OCC.CC.CCCC1C[C@@H]1c1ccc(C2N=CN(C)C2Sc2ccc(C)cn2)cc1. The van der Waals surface area contributed by atoms with Gasteiger partial charge < -0.3 is 9.64 Å². The van der Waals surface area contributed by atoms with E-state index in [1.165, 1.54) is 43.0 Å². The summed E-state index contributed by atoms with van der Waals surface area (Å²) in [6, 6.07) is 13.6. The van der Waals surface area contributed by atoms with Gasteiger partial charge >= 0.3 is 6.09 Å². The minimum atomic E-state index is -0.479. The number of ether oxygens (including phenoxy) is 1. The molecule has 2 heterocycles. The number of carbonyl (C=O) groups is 1. The Kier molecular flexibility index (Phi) is 12.6. The Morgan fingerprint density at radius 1 is 1.19 bits per heavy atom. The normalized spacial score (nSPS) is 21.2. The number of amides is 1. The number of aryl methyl sites for hydroxylation is 1. The highest BCUT2D eigenvalue weighted by Crippen LogP contribution is 2.50. The first kappa shape index (κ1) is 30.4. The number of likely N-dealkylation sites (N-methyl/N-ethyl adjacent to an activating group) is 1. The van der Waals surface area contributed by atoms with Crippen molar-refractivity contribution in [3.63, 3.8) is 0 Å². The summed E-state index contributed by atoms with van der Waals surface area (Å²) in [5, 5.41) is 5.66. The van der Waals surface area contributed by atoms with Crippen LogP contribution in [0.4, 0.5) is 4.79 Å². The molecule has 1 fully saturated rings. The van der Waals surface area contributed by atoms with Crippen LogP contribution in [0.3, 0.4) is 0 Å². The number of rotatable bonds is 8. The van der Waals surface area contributed by atoms with Crippen LogP contribution in [0.2, 0.25) is 0 Å². The smallest absolute Gasteiger partial charge is 0.430 e. The molecule has 2 aromatic rings. The first-order valence-electron chi connectivity index (χ1n) is 13.2. The number of thioether (sulfide) groups is 1. The third kappa shape index (κ3) is 8.88. The van der Waals surface area contributed by atoms with Crippen LogP contribution >= 0.6 is 11.8 Å². The van der Waals surface area contributed by atoms with E-state index in [0.717, 1.165) is 21.9 Å². The van der Waals surface area contributed by atoms with Crippen LogP contribution in [0.1, 0.15) is 75.6 Å². The molecule has 2 aliphatic rings. The van der Waals surface area contributed by atoms with E-state index < -0.39 is 6.09 Å². The van der Waals surface area contributed by atoms with E-state index in [9.17, 15) is 4.79 Å². The zero-order valence-electron chi connectivity index (χ0n) is 23.4. The van der Waals surface area contributed by atoms with Gasteiger partial charge in [0.15, 0.2) is 0 Å². The Labute approximate surface area is 227 Å². The van der Waals surface area contributed by atoms with Crippen molar-refractivity contribution in [2.24, 2.45) is 16.0 Å². The predicted octanol–water partition coefficient (Wildman–Crippen LogP) is 7.14. The zero-order valence-corrected chi connectivity index (χ0v) is 24.2. The van der Waals surface area contributed by atoms with Crippen LogP contribution in [-0.4, -0.2) is 60.1 Å². The summed E-state index contributed by atoms with van der Waals surface area (Å²) in [5.74, 6) is 1.71. The molecule has 7 nitrogen and oxygen atoms in total. The van der Waals surface area contributed by atoms with Gasteiger partial charge in [-0.25, -0.2) is 14.8 Å². The molecule has 1 aliphatic carbocycles. The maximum atomic E-state index is 10.5. The molecule has 3 unspecified atom stereocenters. The first-order chi connectivity index (χ1) is 17.9. The molecule has 0 saturated heterocycles. The number of hydrogen-bond acceptors (Lipinski definition) is 7. The third-order valence-corrected chi connectivity index (χ3v) is 7.55. The Morgan fingerprint density at radius 3 is 2.43 bits per heavy atom. The van der Waals surface area contributed by atoms with E-state index in [-0.39, 0.29) is 11.4 Å². The second kappa shape index (κ2) is 15.4. The molecular weight excluding hydrogens is 482 g/mol. The molecule has 8 heteroatoms. The van der Waals surface area contributed by atoms with Gasteiger partial charge in [-0.2, -0.15) is 5.10 Å². The summed E-state index contributed by atoms with van der Waals surface area (Å²) in [4.78, 5) is 22.1. The van der Waals surface area contributed by atoms with Crippen molar-refractivity contribution in [3.05, 3.63) is 59.3 Å². The fourth-order valence-electron chi connectivity index (χ4n) is 4.15. The maximum Gasteiger partial charge on any atom is 0.430 e. The van der Waals surface area contributed by atoms with Gasteiger partial charge in [0.2, 0.25) is 0 Å². The van der Waals surface area contributed by atoms with Gasteiger partial charge in [-0.15, -0.1) is 0 Å². The predicted molar refractivity (Wildman–Crippen MR) is 155 cm³/mol. The minimum Gasteiger partial charge on any atom is -0.448 e. The van der Waals surface area contributed by atoms with E-state index >= 15 is 0 Å². The fraction of sp³-hybridized carbons (Fsp3) is 0.517. The van der Waals surface area contributed by atoms with E-state index in [2.05, 4.69) is 83.7 Å². The second-order valence-electron chi connectivity index (χ2n) is 8.98. The Balaban J connectivity index is 0.000000374. The van der Waals surface area contributed by atoms with E-state index in [1.807, 2.05) is 26.4 Å². The maximum absolute atomic E-state index is 10.5. The van der Waals surface area contributed by atoms with Gasteiger partial charge in [-0.05, 0) is 54.9 Å². The van der Waals surface area contributed by atoms with Gasteiger partial charge in [0, 0.05) is 27.0 Å². The number of nitrogens with zero attached hydrogens (tertiary/aromatic N) is 5. The van der Waals surface area contributed by atoms with Crippen molar-refractivity contribution in [1.29, 1.82) is 0 Å². The van der Waals surface area contributed by atoms with Gasteiger partial charge in [0.05, 0.1) is 18.0 Å². The lowest BCUT2D eigenvalue weighted by atomic mass is 10.0. The average Bonchev–Trinajstić information content (AvgIpc) is 3.60. The van der Waals surface area contributed by atoms with Crippen molar-refractivity contribution in [1.82, 2.24) is 14.9 Å². The highest BCUT2D eigenvalue weighted by atomic mass is 32.2. The van der Waals surface area contributed by atoms with E-state index in [0.29, 0.717) is 6.61 Å². The molecule has 1 aliphatic heterocycles. The fourth-order valence-corrected chi connectivity index (χ4v) is 5.23. The van der Waals surface area contributed by atoms with E-state index in [4.69, 9.17) is 4.99 Å². The van der Waals surface area contributed by atoms with E-state index in [1.54, 1.807) is 18.7 Å². The van der Waals surface area contributed by atoms with Crippen molar-refractivity contribution in [2.75, 3.05) is 20.7 Å². The van der Waals surface area contributed by atoms with Crippen LogP contribution in [-0.2, 0) is 4.74 Å². The van der Waals surface area contributed by atoms with Gasteiger partial charge in [0.1, 0.15) is 11.4 Å². The number of hydrogen-bond donors (Lipinski definition) is 0. The van der Waals surface area contributed by atoms with Crippen LogP contribution in [0, 0.1) is 12.8 Å². The number of aromatic nitrogens is 1. The lowest BCUT2D eigenvalue weighted by Gasteiger charge is -2.24. The number of hydrazone groups is 1. The van der Waals surface area contributed by atoms with Crippen LogP contribution in [0.25, 0.3) is 0 Å². The molecule has 1 aromatic heterocycles. The van der Waals surface area contributed by atoms with Crippen molar-refractivity contribution in [3.8, 4) is 0 Å².